The van der Waals surface area contributed by atoms with Gasteiger partial charge < -0.3 is 9.47 Å². The standard InChI is InChI=1S/C73H48N2/c1-4-24-49(25-5-1)54-32-10-11-35-59(54)70-55(50-26-6-2-7-27-50)38-21-45-67(70)75(53-31-20-28-51(48-53)56-39-22-46-68-71(56)61-37-15-19-44-66(61)74(68)52-29-8-3-9-30-52)69-47-23-43-65-72(69)60-36-14-18-42-64(60)73(65)62-40-16-12-33-57(62)58-34-13-17-41-63(58)73/h1-48H. The summed E-state index contributed by atoms with van der Waals surface area (Å²) in [5.74, 6) is 0. The van der Waals surface area contributed by atoms with Gasteiger partial charge in [0.2, 0.25) is 0 Å². The molecule has 0 bridgehead atoms. The van der Waals surface area contributed by atoms with Crippen molar-refractivity contribution in [3.8, 4) is 72.4 Å². The molecular weight excluding hydrogens is 905 g/mol. The van der Waals surface area contributed by atoms with E-state index in [2.05, 4.69) is 301 Å². The highest BCUT2D eigenvalue weighted by Gasteiger charge is 2.52. The number of anilines is 3. The first-order chi connectivity index (χ1) is 37.3. The normalized spacial score (nSPS) is 12.6. The van der Waals surface area contributed by atoms with Crippen LogP contribution in [0.25, 0.3) is 94.3 Å². The fraction of sp³-hybridized carbons (Fsp3) is 0.0137. The van der Waals surface area contributed by atoms with Crippen LogP contribution in [0, 0.1) is 0 Å². The van der Waals surface area contributed by atoms with Crippen LogP contribution < -0.4 is 4.90 Å². The maximum Gasteiger partial charge on any atom is 0.0726 e. The smallest absolute Gasteiger partial charge is 0.0726 e. The Labute approximate surface area is 437 Å². The predicted molar refractivity (Wildman–Crippen MR) is 314 cm³/mol. The third-order valence-corrected chi connectivity index (χ3v) is 16.0. The highest BCUT2D eigenvalue weighted by molar-refractivity contribution is 6.16. The maximum absolute atomic E-state index is 2.59. The SMILES string of the molecule is c1ccc(-c2ccccc2-c2c(-c3ccccc3)cccc2N(c2cccc(-c3cccc4c3c3ccccc3n4-c3ccccc3)c2)c2cccc3c2-c2ccccc2C32c3ccccc3-c3ccccc32)cc1. The summed E-state index contributed by atoms with van der Waals surface area (Å²) >= 11 is 0. The molecule has 0 radical (unpaired) electrons. The minimum atomic E-state index is -0.514. The number of fused-ring (bicyclic) bond motifs is 13. The van der Waals surface area contributed by atoms with Gasteiger partial charge >= 0.3 is 0 Å². The summed E-state index contributed by atoms with van der Waals surface area (Å²) < 4.78 is 2.41. The van der Waals surface area contributed by atoms with Gasteiger partial charge in [0.25, 0.3) is 0 Å². The van der Waals surface area contributed by atoms with Crippen molar-refractivity contribution < 1.29 is 0 Å². The van der Waals surface area contributed by atoms with E-state index in [0.717, 1.165) is 39.4 Å². The fourth-order valence-electron chi connectivity index (χ4n) is 13.1. The summed E-state index contributed by atoms with van der Waals surface area (Å²) in [4.78, 5) is 2.59. The second-order valence-electron chi connectivity index (χ2n) is 19.8. The van der Waals surface area contributed by atoms with Gasteiger partial charge in [-0.2, -0.15) is 0 Å². The first-order valence-electron chi connectivity index (χ1n) is 26.0. The molecular formula is C73H48N2. The zero-order valence-electron chi connectivity index (χ0n) is 41.1. The number of aromatic nitrogens is 1. The molecule has 15 rings (SSSR count). The van der Waals surface area contributed by atoms with Crippen molar-refractivity contribution in [1.29, 1.82) is 0 Å². The van der Waals surface area contributed by atoms with Gasteiger partial charge in [0.1, 0.15) is 0 Å². The second-order valence-corrected chi connectivity index (χ2v) is 19.8. The lowest BCUT2D eigenvalue weighted by Crippen LogP contribution is -2.26. The van der Waals surface area contributed by atoms with Crippen molar-refractivity contribution in [2.24, 2.45) is 0 Å². The van der Waals surface area contributed by atoms with E-state index < -0.39 is 5.41 Å². The van der Waals surface area contributed by atoms with Crippen LogP contribution in [-0.4, -0.2) is 4.57 Å². The number of hydrogen-bond acceptors (Lipinski definition) is 1. The zero-order chi connectivity index (χ0) is 49.5. The van der Waals surface area contributed by atoms with Gasteiger partial charge in [-0.1, -0.05) is 243 Å². The first-order valence-corrected chi connectivity index (χ1v) is 26.0. The van der Waals surface area contributed by atoms with E-state index in [0.29, 0.717) is 0 Å². The highest BCUT2D eigenvalue weighted by Crippen LogP contribution is 2.65. The molecule has 1 heterocycles. The van der Waals surface area contributed by atoms with Crippen LogP contribution in [0.15, 0.2) is 291 Å². The molecule has 2 aliphatic carbocycles. The Morgan fingerprint density at radius 2 is 0.733 bits per heavy atom. The van der Waals surface area contributed by atoms with Crippen LogP contribution in [0.2, 0.25) is 0 Å². The number of nitrogens with zero attached hydrogens (tertiary/aromatic N) is 2. The molecule has 12 aromatic carbocycles. The van der Waals surface area contributed by atoms with Crippen LogP contribution in [0.3, 0.4) is 0 Å². The highest BCUT2D eigenvalue weighted by atomic mass is 15.1. The molecule has 2 nitrogen and oxygen atoms in total. The van der Waals surface area contributed by atoms with E-state index in [1.165, 1.54) is 94.1 Å². The average Bonchev–Trinajstić information content (AvgIpc) is 4.12. The Morgan fingerprint density at radius 3 is 1.44 bits per heavy atom. The Balaban J connectivity index is 1.05. The van der Waals surface area contributed by atoms with Crippen LogP contribution in [-0.2, 0) is 5.41 Å². The van der Waals surface area contributed by atoms with Crippen molar-refractivity contribution in [2.75, 3.05) is 4.90 Å². The molecule has 13 aromatic rings. The number of para-hydroxylation sites is 2. The molecule has 75 heavy (non-hydrogen) atoms. The van der Waals surface area contributed by atoms with E-state index in [9.17, 15) is 0 Å². The van der Waals surface area contributed by atoms with Gasteiger partial charge in [-0.25, -0.2) is 0 Å². The number of benzene rings is 12. The lowest BCUT2D eigenvalue weighted by atomic mass is 9.70. The molecule has 0 saturated carbocycles. The molecule has 2 heteroatoms. The second kappa shape index (κ2) is 17.2. The summed E-state index contributed by atoms with van der Waals surface area (Å²) in [6, 6.07) is 108. The van der Waals surface area contributed by atoms with Gasteiger partial charge in [-0.3, -0.25) is 0 Å². The van der Waals surface area contributed by atoms with E-state index >= 15 is 0 Å². The van der Waals surface area contributed by atoms with E-state index in [4.69, 9.17) is 0 Å². The lowest BCUT2D eigenvalue weighted by molar-refractivity contribution is 0.794. The van der Waals surface area contributed by atoms with Crippen molar-refractivity contribution in [3.05, 3.63) is 313 Å². The Morgan fingerprint density at radius 1 is 0.280 bits per heavy atom. The summed E-state index contributed by atoms with van der Waals surface area (Å²) in [5, 5.41) is 2.46. The van der Waals surface area contributed by atoms with Gasteiger partial charge in [0.15, 0.2) is 0 Å². The summed E-state index contributed by atoms with van der Waals surface area (Å²) in [7, 11) is 0. The molecule has 0 atom stereocenters. The van der Waals surface area contributed by atoms with Gasteiger partial charge in [0, 0.05) is 33.3 Å². The van der Waals surface area contributed by atoms with Crippen LogP contribution in [0.5, 0.6) is 0 Å². The molecule has 0 amide bonds. The number of rotatable bonds is 8. The number of hydrogen-bond donors (Lipinski definition) is 0. The first kappa shape index (κ1) is 42.9. The molecule has 350 valence electrons. The average molecular weight is 953 g/mol. The third kappa shape index (κ3) is 6.40. The van der Waals surface area contributed by atoms with E-state index in [1.807, 2.05) is 0 Å². The van der Waals surface area contributed by atoms with Crippen molar-refractivity contribution >= 4 is 38.9 Å². The molecule has 0 saturated heterocycles. The van der Waals surface area contributed by atoms with Crippen molar-refractivity contribution in [1.82, 2.24) is 4.57 Å². The Kier molecular flexibility index (Phi) is 9.83. The minimum absolute atomic E-state index is 0.514. The van der Waals surface area contributed by atoms with Crippen LogP contribution in [0.4, 0.5) is 17.1 Å². The molecule has 0 N–H and O–H groups in total. The Bertz CT molecular complexity index is 4310. The van der Waals surface area contributed by atoms with Gasteiger partial charge in [-0.05, 0) is 126 Å². The molecule has 0 fully saturated rings. The van der Waals surface area contributed by atoms with E-state index in [-0.39, 0.29) is 0 Å². The summed E-state index contributed by atoms with van der Waals surface area (Å²) in [6.07, 6.45) is 0. The predicted octanol–water partition coefficient (Wildman–Crippen LogP) is 19.3. The maximum atomic E-state index is 2.59. The molecule has 2 aliphatic rings. The van der Waals surface area contributed by atoms with Crippen molar-refractivity contribution in [2.45, 2.75) is 5.41 Å². The molecule has 0 unspecified atom stereocenters. The fourth-order valence-corrected chi connectivity index (χ4v) is 13.1. The lowest BCUT2D eigenvalue weighted by Gasteiger charge is -2.33. The quantitative estimate of drug-likeness (QED) is 0.147. The monoisotopic (exact) mass is 952 g/mol. The van der Waals surface area contributed by atoms with Crippen molar-refractivity contribution in [3.63, 3.8) is 0 Å². The molecule has 0 aliphatic heterocycles. The minimum Gasteiger partial charge on any atom is -0.309 e. The van der Waals surface area contributed by atoms with Crippen LogP contribution >= 0.6 is 0 Å². The topological polar surface area (TPSA) is 8.17 Å². The van der Waals surface area contributed by atoms with E-state index in [1.54, 1.807) is 0 Å². The Hall–Kier alpha value is -9.76. The van der Waals surface area contributed by atoms with Gasteiger partial charge in [0.05, 0.1) is 27.8 Å². The van der Waals surface area contributed by atoms with Crippen LogP contribution in [0.1, 0.15) is 22.3 Å². The third-order valence-electron chi connectivity index (χ3n) is 16.0. The molecule has 1 aromatic heterocycles. The van der Waals surface area contributed by atoms with Gasteiger partial charge in [-0.15, -0.1) is 0 Å². The summed E-state index contributed by atoms with van der Waals surface area (Å²) in [5.41, 5.74) is 26.0. The zero-order valence-corrected chi connectivity index (χ0v) is 41.1. The largest absolute Gasteiger partial charge is 0.309 e. The molecule has 1 spiro atoms. The summed E-state index contributed by atoms with van der Waals surface area (Å²) in [6.45, 7) is 0.